The Morgan fingerprint density at radius 1 is 1.15 bits per heavy atom. The molecule has 0 bridgehead atoms. The molecule has 2 rings (SSSR count). The molecular formula is C16H21N3O. The lowest BCUT2D eigenvalue weighted by Gasteiger charge is -2.05. The summed E-state index contributed by atoms with van der Waals surface area (Å²) in [5.41, 5.74) is 3.60. The first-order valence-corrected chi connectivity index (χ1v) is 6.83. The van der Waals surface area contributed by atoms with Gasteiger partial charge in [-0.3, -0.25) is 0 Å². The Bertz CT molecular complexity index is 526. The van der Waals surface area contributed by atoms with Crippen molar-refractivity contribution in [3.8, 4) is 0 Å². The van der Waals surface area contributed by atoms with Crippen LogP contribution >= 0.6 is 0 Å². The van der Waals surface area contributed by atoms with Gasteiger partial charge in [0.15, 0.2) is 0 Å². The first-order chi connectivity index (χ1) is 9.78. The number of methoxy groups -OCH3 is 1. The fourth-order valence-corrected chi connectivity index (χ4v) is 1.98. The van der Waals surface area contributed by atoms with Crippen LogP contribution in [-0.4, -0.2) is 30.2 Å². The number of aryl methyl sites for hydroxylation is 1. The van der Waals surface area contributed by atoms with Crippen molar-refractivity contribution in [1.29, 1.82) is 0 Å². The van der Waals surface area contributed by atoms with Crippen molar-refractivity contribution in [3.05, 3.63) is 59.2 Å². The molecule has 4 heteroatoms. The molecule has 4 nitrogen and oxygen atoms in total. The van der Waals surface area contributed by atoms with Crippen LogP contribution < -0.4 is 5.32 Å². The standard InChI is InChI=1S/C16H21N3O/c1-13-4-3-5-14(8-13)9-16-18-11-15(12-19-16)10-17-6-7-20-2/h3-5,8,11-12,17H,6-7,9-10H2,1-2H3. The Morgan fingerprint density at radius 3 is 2.65 bits per heavy atom. The average Bonchev–Trinajstić information content (AvgIpc) is 2.45. The lowest BCUT2D eigenvalue weighted by Crippen LogP contribution is -2.18. The molecule has 0 spiro atoms. The van der Waals surface area contributed by atoms with Gasteiger partial charge in [-0.05, 0) is 12.5 Å². The molecule has 0 unspecified atom stereocenters. The van der Waals surface area contributed by atoms with E-state index < -0.39 is 0 Å². The second-order valence-electron chi connectivity index (χ2n) is 4.84. The molecule has 106 valence electrons. The van der Waals surface area contributed by atoms with Gasteiger partial charge in [0.25, 0.3) is 0 Å². The second kappa shape index (κ2) is 7.72. The van der Waals surface area contributed by atoms with Crippen LogP contribution in [0.5, 0.6) is 0 Å². The van der Waals surface area contributed by atoms with E-state index in [-0.39, 0.29) is 0 Å². The number of rotatable bonds is 7. The van der Waals surface area contributed by atoms with E-state index in [2.05, 4.69) is 46.5 Å². The lowest BCUT2D eigenvalue weighted by atomic mass is 10.1. The summed E-state index contributed by atoms with van der Waals surface area (Å²) < 4.78 is 4.98. The normalized spacial score (nSPS) is 10.7. The van der Waals surface area contributed by atoms with Crippen LogP contribution in [0, 0.1) is 6.92 Å². The predicted molar refractivity (Wildman–Crippen MR) is 79.6 cm³/mol. The smallest absolute Gasteiger partial charge is 0.132 e. The fourth-order valence-electron chi connectivity index (χ4n) is 1.98. The number of hydrogen-bond acceptors (Lipinski definition) is 4. The molecule has 1 aromatic heterocycles. The van der Waals surface area contributed by atoms with Crippen molar-refractivity contribution in [1.82, 2.24) is 15.3 Å². The summed E-state index contributed by atoms with van der Waals surface area (Å²) in [5, 5.41) is 3.27. The topological polar surface area (TPSA) is 47.0 Å². The van der Waals surface area contributed by atoms with Crippen LogP contribution in [0.1, 0.15) is 22.5 Å². The molecule has 1 aromatic carbocycles. The average molecular weight is 271 g/mol. The maximum atomic E-state index is 4.98. The van der Waals surface area contributed by atoms with Crippen molar-refractivity contribution < 1.29 is 4.74 Å². The third-order valence-corrected chi connectivity index (χ3v) is 3.02. The minimum Gasteiger partial charge on any atom is -0.383 e. The zero-order valence-electron chi connectivity index (χ0n) is 12.1. The highest BCUT2D eigenvalue weighted by atomic mass is 16.5. The van der Waals surface area contributed by atoms with Gasteiger partial charge >= 0.3 is 0 Å². The van der Waals surface area contributed by atoms with Gasteiger partial charge in [-0.1, -0.05) is 29.8 Å². The van der Waals surface area contributed by atoms with Crippen molar-refractivity contribution in [2.75, 3.05) is 20.3 Å². The predicted octanol–water partition coefficient (Wildman–Crippen LogP) is 2.11. The van der Waals surface area contributed by atoms with E-state index in [1.165, 1.54) is 11.1 Å². The molecule has 20 heavy (non-hydrogen) atoms. The minimum atomic E-state index is 0.715. The number of hydrogen-bond donors (Lipinski definition) is 1. The van der Waals surface area contributed by atoms with Gasteiger partial charge in [-0.15, -0.1) is 0 Å². The van der Waals surface area contributed by atoms with Crippen LogP contribution in [0.15, 0.2) is 36.7 Å². The van der Waals surface area contributed by atoms with Crippen LogP contribution in [0.2, 0.25) is 0 Å². The van der Waals surface area contributed by atoms with Crippen molar-refractivity contribution in [2.24, 2.45) is 0 Å². The van der Waals surface area contributed by atoms with Crippen LogP contribution in [0.25, 0.3) is 0 Å². The lowest BCUT2D eigenvalue weighted by molar-refractivity contribution is 0.199. The first-order valence-electron chi connectivity index (χ1n) is 6.83. The highest BCUT2D eigenvalue weighted by molar-refractivity contribution is 5.24. The largest absolute Gasteiger partial charge is 0.383 e. The summed E-state index contributed by atoms with van der Waals surface area (Å²) >= 11 is 0. The zero-order valence-corrected chi connectivity index (χ0v) is 12.1. The molecule has 0 amide bonds. The van der Waals surface area contributed by atoms with E-state index >= 15 is 0 Å². The Labute approximate surface area is 120 Å². The summed E-state index contributed by atoms with van der Waals surface area (Å²) in [7, 11) is 1.70. The highest BCUT2D eigenvalue weighted by Crippen LogP contribution is 2.08. The second-order valence-corrected chi connectivity index (χ2v) is 4.84. The molecule has 0 aliphatic rings. The SMILES string of the molecule is COCCNCc1cnc(Cc2cccc(C)c2)nc1. The van der Waals surface area contributed by atoms with Gasteiger partial charge < -0.3 is 10.1 Å². The molecular weight excluding hydrogens is 250 g/mol. The first kappa shape index (κ1) is 14.6. The van der Waals surface area contributed by atoms with Crippen LogP contribution in [-0.2, 0) is 17.7 Å². The Morgan fingerprint density at radius 2 is 1.95 bits per heavy atom. The minimum absolute atomic E-state index is 0.715. The summed E-state index contributed by atoms with van der Waals surface area (Å²) in [6, 6.07) is 8.44. The van der Waals surface area contributed by atoms with Gasteiger partial charge in [0.05, 0.1) is 6.61 Å². The Balaban J connectivity index is 1.88. The van der Waals surface area contributed by atoms with E-state index in [1.807, 2.05) is 12.4 Å². The van der Waals surface area contributed by atoms with Crippen molar-refractivity contribution in [2.45, 2.75) is 19.9 Å². The number of aromatic nitrogens is 2. The monoisotopic (exact) mass is 271 g/mol. The molecule has 0 atom stereocenters. The fraction of sp³-hybridized carbons (Fsp3) is 0.375. The number of benzene rings is 1. The van der Waals surface area contributed by atoms with E-state index in [1.54, 1.807) is 7.11 Å². The summed E-state index contributed by atoms with van der Waals surface area (Å²) in [4.78, 5) is 8.84. The van der Waals surface area contributed by atoms with Crippen LogP contribution in [0.3, 0.4) is 0 Å². The third kappa shape index (κ3) is 4.72. The maximum Gasteiger partial charge on any atom is 0.132 e. The molecule has 0 radical (unpaired) electrons. The Kier molecular flexibility index (Phi) is 5.65. The van der Waals surface area contributed by atoms with Gasteiger partial charge in [0.2, 0.25) is 0 Å². The molecule has 0 saturated carbocycles. The summed E-state index contributed by atoms with van der Waals surface area (Å²) in [6.45, 7) is 4.42. The maximum absolute atomic E-state index is 4.98. The van der Waals surface area contributed by atoms with Gasteiger partial charge in [-0.2, -0.15) is 0 Å². The van der Waals surface area contributed by atoms with Crippen molar-refractivity contribution in [3.63, 3.8) is 0 Å². The number of ether oxygens (including phenoxy) is 1. The summed E-state index contributed by atoms with van der Waals surface area (Å²) in [5.74, 6) is 0.858. The van der Waals surface area contributed by atoms with E-state index in [9.17, 15) is 0 Å². The zero-order chi connectivity index (χ0) is 14.2. The van der Waals surface area contributed by atoms with E-state index in [4.69, 9.17) is 4.74 Å². The Hall–Kier alpha value is -1.78. The van der Waals surface area contributed by atoms with Gasteiger partial charge in [0, 0.05) is 44.6 Å². The molecule has 0 aliphatic carbocycles. The molecule has 1 heterocycles. The number of nitrogens with zero attached hydrogens (tertiary/aromatic N) is 2. The van der Waals surface area contributed by atoms with E-state index in [0.29, 0.717) is 6.61 Å². The quantitative estimate of drug-likeness (QED) is 0.784. The molecule has 2 aromatic rings. The molecule has 0 saturated heterocycles. The van der Waals surface area contributed by atoms with Crippen molar-refractivity contribution >= 4 is 0 Å². The van der Waals surface area contributed by atoms with Gasteiger partial charge in [0.1, 0.15) is 5.82 Å². The van der Waals surface area contributed by atoms with Gasteiger partial charge in [-0.25, -0.2) is 9.97 Å². The molecule has 1 N–H and O–H groups in total. The third-order valence-electron chi connectivity index (χ3n) is 3.02. The molecule has 0 fully saturated rings. The van der Waals surface area contributed by atoms with E-state index in [0.717, 1.165) is 30.9 Å². The van der Waals surface area contributed by atoms with Crippen LogP contribution in [0.4, 0.5) is 0 Å². The number of nitrogens with one attached hydrogen (secondary N) is 1. The molecule has 0 aliphatic heterocycles. The summed E-state index contributed by atoms with van der Waals surface area (Å²) in [6.07, 6.45) is 4.55. The highest BCUT2D eigenvalue weighted by Gasteiger charge is 2.00.